The summed E-state index contributed by atoms with van der Waals surface area (Å²) < 4.78 is 0. The highest BCUT2D eigenvalue weighted by molar-refractivity contribution is 5.34. The third-order valence-electron chi connectivity index (χ3n) is 4.19. The van der Waals surface area contributed by atoms with E-state index in [2.05, 4.69) is 78.7 Å². The first-order valence-electron chi connectivity index (χ1n) is 7.43. The molecule has 1 atom stereocenters. The average molecular weight is 275 g/mol. The van der Waals surface area contributed by atoms with Crippen molar-refractivity contribution in [2.75, 3.05) is 6.54 Å². The minimum Gasteiger partial charge on any atom is -0.288 e. The van der Waals surface area contributed by atoms with Gasteiger partial charge in [-0.2, -0.15) is 0 Å². The van der Waals surface area contributed by atoms with E-state index in [0.717, 1.165) is 25.1 Å². The summed E-state index contributed by atoms with van der Waals surface area (Å²) in [7, 11) is 0. The Labute approximate surface area is 127 Å². The summed E-state index contributed by atoms with van der Waals surface area (Å²) in [5.74, 6) is 0. The summed E-state index contributed by atoms with van der Waals surface area (Å²) in [5.41, 5.74) is 5.06. The molecule has 106 valence electrons. The topological polar surface area (TPSA) is 3.24 Å². The molecule has 2 aromatic carbocycles. The molecule has 0 aromatic heterocycles. The lowest BCUT2D eigenvalue weighted by molar-refractivity contribution is 0.189. The van der Waals surface area contributed by atoms with Crippen LogP contribution in [-0.2, 0) is 6.54 Å². The Morgan fingerprint density at radius 3 is 2.14 bits per heavy atom. The summed E-state index contributed by atoms with van der Waals surface area (Å²) in [6.45, 7) is 10.2. The van der Waals surface area contributed by atoms with Gasteiger partial charge in [0.2, 0.25) is 0 Å². The van der Waals surface area contributed by atoms with Gasteiger partial charge in [0.15, 0.2) is 0 Å². The summed E-state index contributed by atoms with van der Waals surface area (Å²) in [4.78, 5) is 2.50. The van der Waals surface area contributed by atoms with E-state index in [1.807, 2.05) is 0 Å². The maximum absolute atomic E-state index is 4.19. The van der Waals surface area contributed by atoms with Gasteiger partial charge in [-0.1, -0.05) is 73.8 Å². The van der Waals surface area contributed by atoms with Crippen molar-refractivity contribution in [3.8, 4) is 0 Å². The van der Waals surface area contributed by atoms with Crippen molar-refractivity contribution >= 4 is 0 Å². The predicted octanol–water partition coefficient (Wildman–Crippen LogP) is 4.75. The second-order valence-electron chi connectivity index (χ2n) is 5.73. The Hall–Kier alpha value is -2.12. The Bertz CT molecular complexity index is 627. The minimum atomic E-state index is 0.393. The van der Waals surface area contributed by atoms with Crippen molar-refractivity contribution in [3.05, 3.63) is 96.1 Å². The van der Waals surface area contributed by atoms with Gasteiger partial charge in [-0.15, -0.1) is 0 Å². The van der Waals surface area contributed by atoms with Crippen molar-refractivity contribution in [1.29, 1.82) is 0 Å². The normalized spacial score (nSPS) is 19.7. The van der Waals surface area contributed by atoms with Crippen molar-refractivity contribution < 1.29 is 0 Å². The first kappa shape index (κ1) is 13.8. The molecule has 1 aliphatic heterocycles. The fraction of sp³-hybridized carbons (Fsp3) is 0.200. The van der Waals surface area contributed by atoms with Gasteiger partial charge in [0.05, 0.1) is 0 Å². The first-order chi connectivity index (χ1) is 10.2. The first-order valence-corrected chi connectivity index (χ1v) is 7.43. The molecule has 0 bridgehead atoms. The smallest absolute Gasteiger partial charge is 0.0395 e. The summed E-state index contributed by atoms with van der Waals surface area (Å²) in [5, 5.41) is 0. The van der Waals surface area contributed by atoms with E-state index in [9.17, 15) is 0 Å². The van der Waals surface area contributed by atoms with Crippen LogP contribution >= 0.6 is 0 Å². The number of benzene rings is 2. The van der Waals surface area contributed by atoms with Crippen LogP contribution < -0.4 is 0 Å². The fourth-order valence-electron chi connectivity index (χ4n) is 2.96. The van der Waals surface area contributed by atoms with Crippen LogP contribution in [0.2, 0.25) is 0 Å². The monoisotopic (exact) mass is 275 g/mol. The highest BCUT2D eigenvalue weighted by Gasteiger charge is 2.27. The molecule has 1 unspecified atom stereocenters. The molecular formula is C20H21N. The zero-order valence-corrected chi connectivity index (χ0v) is 12.3. The van der Waals surface area contributed by atoms with Gasteiger partial charge in [0.1, 0.15) is 0 Å². The van der Waals surface area contributed by atoms with Crippen LogP contribution in [0.4, 0.5) is 0 Å². The molecule has 1 heterocycles. The molecule has 1 fully saturated rings. The lowest BCUT2D eigenvalue weighted by Gasteiger charge is -2.38. The quantitative estimate of drug-likeness (QED) is 0.781. The molecule has 1 saturated heterocycles. The van der Waals surface area contributed by atoms with Crippen LogP contribution in [0.25, 0.3) is 0 Å². The highest BCUT2D eigenvalue weighted by atomic mass is 15.2. The molecule has 21 heavy (non-hydrogen) atoms. The summed E-state index contributed by atoms with van der Waals surface area (Å²) >= 11 is 0. The Morgan fingerprint density at radius 1 is 0.857 bits per heavy atom. The molecular weight excluding hydrogens is 254 g/mol. The van der Waals surface area contributed by atoms with Crippen LogP contribution in [0, 0.1) is 0 Å². The zero-order chi connectivity index (χ0) is 14.7. The minimum absolute atomic E-state index is 0.393. The highest BCUT2D eigenvalue weighted by Crippen LogP contribution is 2.35. The van der Waals surface area contributed by atoms with E-state index < -0.39 is 0 Å². The Balaban J connectivity index is 1.87. The van der Waals surface area contributed by atoms with Crippen molar-refractivity contribution in [3.63, 3.8) is 0 Å². The van der Waals surface area contributed by atoms with Crippen LogP contribution in [0.1, 0.15) is 23.6 Å². The van der Waals surface area contributed by atoms with E-state index in [-0.39, 0.29) is 0 Å². The average Bonchev–Trinajstić information content (AvgIpc) is 2.52. The van der Waals surface area contributed by atoms with E-state index in [1.54, 1.807) is 0 Å². The molecule has 1 nitrogen and oxygen atoms in total. The van der Waals surface area contributed by atoms with E-state index in [1.165, 1.54) is 16.7 Å². The maximum Gasteiger partial charge on any atom is 0.0395 e. The second kappa shape index (κ2) is 6.11. The van der Waals surface area contributed by atoms with Gasteiger partial charge in [0.25, 0.3) is 0 Å². The Morgan fingerprint density at radius 2 is 1.48 bits per heavy atom. The molecule has 1 aliphatic rings. The standard InChI is InChI=1S/C20H21N/c1-16-13-20(19-11-7-4-8-12-19)21(14-17(16)2)15-18-9-5-3-6-10-18/h3-12,20H,1-2,13-15H2. The molecule has 0 aliphatic carbocycles. The largest absolute Gasteiger partial charge is 0.288 e. The number of hydrogen-bond acceptors (Lipinski definition) is 1. The Kier molecular flexibility index (Phi) is 4.03. The molecule has 3 rings (SSSR count). The van der Waals surface area contributed by atoms with E-state index in [0.29, 0.717) is 6.04 Å². The van der Waals surface area contributed by atoms with E-state index in [4.69, 9.17) is 0 Å². The predicted molar refractivity (Wildman–Crippen MR) is 88.9 cm³/mol. The molecule has 0 saturated carbocycles. The van der Waals surface area contributed by atoms with E-state index >= 15 is 0 Å². The van der Waals surface area contributed by atoms with Crippen molar-refractivity contribution in [1.82, 2.24) is 4.90 Å². The van der Waals surface area contributed by atoms with Crippen molar-refractivity contribution in [2.45, 2.75) is 19.0 Å². The zero-order valence-electron chi connectivity index (χ0n) is 12.3. The summed E-state index contributed by atoms with van der Waals surface area (Å²) in [6, 6.07) is 21.8. The van der Waals surface area contributed by atoms with Crippen LogP contribution in [0.15, 0.2) is 85.0 Å². The summed E-state index contributed by atoms with van der Waals surface area (Å²) in [6.07, 6.45) is 0.968. The van der Waals surface area contributed by atoms with Crippen LogP contribution in [0.3, 0.4) is 0 Å². The van der Waals surface area contributed by atoms with Crippen molar-refractivity contribution in [2.24, 2.45) is 0 Å². The van der Waals surface area contributed by atoms with Gasteiger partial charge in [0, 0.05) is 19.1 Å². The second-order valence-corrected chi connectivity index (χ2v) is 5.73. The third-order valence-corrected chi connectivity index (χ3v) is 4.19. The van der Waals surface area contributed by atoms with Crippen LogP contribution in [0.5, 0.6) is 0 Å². The third kappa shape index (κ3) is 3.14. The van der Waals surface area contributed by atoms with Gasteiger partial charge in [-0.25, -0.2) is 0 Å². The molecule has 0 spiro atoms. The lowest BCUT2D eigenvalue weighted by Crippen LogP contribution is -2.34. The number of hydrogen-bond donors (Lipinski definition) is 0. The molecule has 1 heteroatoms. The lowest BCUT2D eigenvalue weighted by atomic mass is 9.89. The number of piperidine rings is 1. The molecule has 0 N–H and O–H groups in total. The number of rotatable bonds is 3. The van der Waals surface area contributed by atoms with Gasteiger partial charge in [-0.3, -0.25) is 4.90 Å². The number of likely N-dealkylation sites (tertiary alicyclic amines) is 1. The van der Waals surface area contributed by atoms with Gasteiger partial charge < -0.3 is 0 Å². The molecule has 0 amide bonds. The fourth-order valence-corrected chi connectivity index (χ4v) is 2.96. The number of nitrogens with zero attached hydrogens (tertiary/aromatic N) is 1. The molecule has 0 radical (unpaired) electrons. The van der Waals surface area contributed by atoms with Gasteiger partial charge >= 0.3 is 0 Å². The van der Waals surface area contributed by atoms with Crippen LogP contribution in [-0.4, -0.2) is 11.4 Å². The molecule has 2 aromatic rings. The SMILES string of the molecule is C=C1CC(c2ccccc2)N(Cc2ccccc2)CC1=C. The van der Waals surface area contributed by atoms with Gasteiger partial charge in [-0.05, 0) is 28.7 Å². The maximum atomic E-state index is 4.19.